The monoisotopic (exact) mass is 566 g/mol. The van der Waals surface area contributed by atoms with Gasteiger partial charge in [-0.1, -0.05) is 13.8 Å². The van der Waals surface area contributed by atoms with E-state index < -0.39 is 23.3 Å². The number of halogens is 1. The molecule has 0 aromatic carbocycles. The molecule has 11 nitrogen and oxygen atoms in total. The molecule has 4 aromatic heterocycles. The van der Waals surface area contributed by atoms with Crippen LogP contribution in [0.3, 0.4) is 0 Å². The van der Waals surface area contributed by atoms with E-state index in [-0.39, 0.29) is 11.7 Å². The third kappa shape index (κ3) is 4.68. The number of ether oxygens (including phenoxy) is 4. The SMILES string of the molecule is COc1cc(-c2c(C(C)C)c3c(F)c(N4CCC5(CC4)OCCO5)ncc3n2C(=O)OC(C)(C)C)cn2ncnc12. The van der Waals surface area contributed by atoms with Gasteiger partial charge in [-0.05, 0) is 38.3 Å². The van der Waals surface area contributed by atoms with Crippen molar-refractivity contribution in [2.75, 3.05) is 38.3 Å². The summed E-state index contributed by atoms with van der Waals surface area (Å²) in [6, 6.07) is 1.78. The lowest BCUT2D eigenvalue weighted by molar-refractivity contribution is -0.169. The third-order valence-electron chi connectivity index (χ3n) is 7.60. The van der Waals surface area contributed by atoms with Crippen molar-refractivity contribution in [3.8, 4) is 17.0 Å². The van der Waals surface area contributed by atoms with Gasteiger partial charge in [0.1, 0.15) is 11.9 Å². The van der Waals surface area contributed by atoms with Crippen LogP contribution in [0.1, 0.15) is 58.9 Å². The van der Waals surface area contributed by atoms with Gasteiger partial charge >= 0.3 is 6.09 Å². The molecule has 2 aliphatic heterocycles. The predicted octanol–water partition coefficient (Wildman–Crippen LogP) is 5.14. The first-order chi connectivity index (χ1) is 19.5. The molecule has 0 N–H and O–H groups in total. The van der Waals surface area contributed by atoms with Crippen molar-refractivity contribution < 1.29 is 28.1 Å². The molecule has 0 unspecified atom stereocenters. The number of aromatic nitrogens is 5. The standard InChI is InChI=1S/C29H35FN6O5/c1-17(2)21-22-19(14-31-26(23(22)30)34-9-7-29(8-10-34)39-11-12-40-29)36(27(37)41-28(3,4)5)24(21)18-13-20(38-6)25-32-16-33-35(25)15-18/h13-17H,7-12H2,1-6H3. The van der Waals surface area contributed by atoms with Gasteiger partial charge in [0.15, 0.2) is 28.8 Å². The van der Waals surface area contributed by atoms with E-state index in [1.54, 1.807) is 50.9 Å². The number of fused-ring (bicyclic) bond motifs is 2. The summed E-state index contributed by atoms with van der Waals surface area (Å²) in [6.45, 7) is 11.5. The highest BCUT2D eigenvalue weighted by molar-refractivity contribution is 6.01. The quantitative estimate of drug-likeness (QED) is 0.332. The third-order valence-corrected chi connectivity index (χ3v) is 7.60. The van der Waals surface area contributed by atoms with Crippen molar-refractivity contribution in [3.05, 3.63) is 36.2 Å². The first-order valence-corrected chi connectivity index (χ1v) is 13.9. The molecule has 0 saturated carbocycles. The molecule has 1 spiro atoms. The fraction of sp³-hybridized carbons (Fsp3) is 0.517. The van der Waals surface area contributed by atoms with Gasteiger partial charge in [-0.3, -0.25) is 0 Å². The van der Waals surface area contributed by atoms with Crippen molar-refractivity contribution in [1.29, 1.82) is 0 Å². The van der Waals surface area contributed by atoms with Gasteiger partial charge in [-0.2, -0.15) is 5.10 Å². The Morgan fingerprint density at radius 3 is 2.49 bits per heavy atom. The highest BCUT2D eigenvalue weighted by atomic mass is 19.1. The van der Waals surface area contributed by atoms with E-state index in [4.69, 9.17) is 18.9 Å². The second-order valence-electron chi connectivity index (χ2n) is 11.8. The fourth-order valence-corrected chi connectivity index (χ4v) is 5.84. The first kappa shape index (κ1) is 27.4. The van der Waals surface area contributed by atoms with Crippen molar-refractivity contribution in [3.63, 3.8) is 0 Å². The number of pyridine rings is 2. The molecule has 0 atom stereocenters. The number of carbonyl (C=O) groups excluding carboxylic acids is 1. The van der Waals surface area contributed by atoms with Crippen molar-refractivity contribution >= 4 is 28.5 Å². The van der Waals surface area contributed by atoms with Gasteiger partial charge in [0.25, 0.3) is 0 Å². The summed E-state index contributed by atoms with van der Waals surface area (Å²) in [5.74, 6) is -0.527. The Labute approximate surface area is 237 Å². The minimum atomic E-state index is -0.781. The number of methoxy groups -OCH3 is 1. The van der Waals surface area contributed by atoms with Gasteiger partial charge in [0.2, 0.25) is 0 Å². The minimum absolute atomic E-state index is 0.164. The number of anilines is 1. The van der Waals surface area contributed by atoms with Gasteiger partial charge in [0.05, 0.1) is 37.7 Å². The Hall–Kier alpha value is -3.77. The summed E-state index contributed by atoms with van der Waals surface area (Å²) in [5.41, 5.74) is 1.81. The Kier molecular flexibility index (Phi) is 6.65. The van der Waals surface area contributed by atoms with Gasteiger partial charge < -0.3 is 23.8 Å². The number of rotatable bonds is 4. The second kappa shape index (κ2) is 9.95. The number of hydrogen-bond donors (Lipinski definition) is 0. The Bertz CT molecular complexity index is 1620. The van der Waals surface area contributed by atoms with E-state index in [1.807, 2.05) is 18.7 Å². The Morgan fingerprint density at radius 2 is 1.85 bits per heavy atom. The van der Waals surface area contributed by atoms with Gasteiger partial charge in [0, 0.05) is 43.1 Å². The van der Waals surface area contributed by atoms with E-state index in [1.165, 1.54) is 10.9 Å². The summed E-state index contributed by atoms with van der Waals surface area (Å²) in [5, 5.41) is 4.62. The van der Waals surface area contributed by atoms with E-state index in [0.29, 0.717) is 78.3 Å². The molecule has 41 heavy (non-hydrogen) atoms. The molecule has 0 radical (unpaired) electrons. The molecule has 6 heterocycles. The number of carbonyl (C=O) groups is 1. The largest absolute Gasteiger partial charge is 0.493 e. The van der Waals surface area contributed by atoms with Crippen LogP contribution in [0.15, 0.2) is 24.8 Å². The van der Waals surface area contributed by atoms with Crippen LogP contribution in [0.2, 0.25) is 0 Å². The lowest BCUT2D eigenvalue weighted by Crippen LogP contribution is -2.45. The molecule has 12 heteroatoms. The van der Waals surface area contributed by atoms with E-state index >= 15 is 4.39 Å². The zero-order valence-electron chi connectivity index (χ0n) is 24.2. The molecule has 6 rings (SSSR count). The van der Waals surface area contributed by atoms with Gasteiger partial charge in [-0.25, -0.2) is 28.2 Å². The highest BCUT2D eigenvalue weighted by Crippen LogP contribution is 2.43. The van der Waals surface area contributed by atoms with E-state index in [0.717, 1.165) is 0 Å². The predicted molar refractivity (Wildman–Crippen MR) is 150 cm³/mol. The molecule has 0 bridgehead atoms. The van der Waals surface area contributed by atoms with Crippen LogP contribution in [0, 0.1) is 5.82 Å². The average Bonchev–Trinajstić information content (AvgIpc) is 3.65. The Balaban J connectivity index is 1.56. The van der Waals surface area contributed by atoms with Crippen molar-refractivity contribution in [2.24, 2.45) is 0 Å². The van der Waals surface area contributed by atoms with Crippen LogP contribution in [0.5, 0.6) is 5.75 Å². The maximum Gasteiger partial charge on any atom is 0.419 e. The lowest BCUT2D eigenvalue weighted by atomic mass is 9.96. The van der Waals surface area contributed by atoms with Crippen molar-refractivity contribution in [1.82, 2.24) is 24.1 Å². The van der Waals surface area contributed by atoms with Crippen LogP contribution < -0.4 is 9.64 Å². The molecular weight excluding hydrogens is 531 g/mol. The molecule has 2 aliphatic rings. The van der Waals surface area contributed by atoms with Crippen LogP contribution in [-0.2, 0) is 14.2 Å². The zero-order chi connectivity index (χ0) is 29.1. The number of hydrogen-bond acceptors (Lipinski definition) is 9. The topological polar surface area (TPSA) is 105 Å². The number of nitrogens with zero attached hydrogens (tertiary/aromatic N) is 6. The van der Waals surface area contributed by atoms with Crippen LogP contribution in [0.4, 0.5) is 15.0 Å². The molecule has 2 fully saturated rings. The second-order valence-corrected chi connectivity index (χ2v) is 11.8. The highest BCUT2D eigenvalue weighted by Gasteiger charge is 2.41. The van der Waals surface area contributed by atoms with Crippen molar-refractivity contribution in [2.45, 2.75) is 64.8 Å². The Morgan fingerprint density at radius 1 is 1.15 bits per heavy atom. The number of piperidine rings is 1. The summed E-state index contributed by atoms with van der Waals surface area (Å²) in [6.07, 6.45) is 5.34. The normalized spacial score (nSPS) is 17.3. The maximum atomic E-state index is 16.7. The molecule has 4 aromatic rings. The maximum absolute atomic E-state index is 16.7. The fourth-order valence-electron chi connectivity index (χ4n) is 5.84. The van der Waals surface area contributed by atoms with Crippen LogP contribution >= 0.6 is 0 Å². The zero-order valence-corrected chi connectivity index (χ0v) is 24.2. The van der Waals surface area contributed by atoms with Crippen LogP contribution in [-0.4, -0.2) is 75.0 Å². The summed E-state index contributed by atoms with van der Waals surface area (Å²) >= 11 is 0. The van der Waals surface area contributed by atoms with Gasteiger partial charge in [-0.15, -0.1) is 0 Å². The first-order valence-electron chi connectivity index (χ1n) is 13.9. The summed E-state index contributed by atoms with van der Waals surface area (Å²) < 4.78 is 42.8. The lowest BCUT2D eigenvalue weighted by Gasteiger charge is -2.38. The molecule has 0 aliphatic carbocycles. The molecular formula is C29H35FN6O5. The van der Waals surface area contributed by atoms with Crippen LogP contribution in [0.25, 0.3) is 27.8 Å². The minimum Gasteiger partial charge on any atom is -0.493 e. The summed E-state index contributed by atoms with van der Waals surface area (Å²) in [4.78, 5) is 24.5. The molecule has 218 valence electrons. The molecule has 0 amide bonds. The van der Waals surface area contributed by atoms with E-state index in [9.17, 15) is 4.79 Å². The van der Waals surface area contributed by atoms with E-state index in [2.05, 4.69) is 15.1 Å². The molecule has 2 saturated heterocycles. The average molecular weight is 567 g/mol. The smallest absolute Gasteiger partial charge is 0.419 e. The summed E-state index contributed by atoms with van der Waals surface area (Å²) in [7, 11) is 1.54.